The molecule has 0 spiro atoms. The standard InChI is InChI=1S/C20H22N2O4/c1-21-19(25)16-7-8-22(11-16)20(26)15-4-2-3-13(9-15)14-5-6-18(24)17(10-14)12-23/h2-6,9-10,16,23-24H,7-8,11-12H2,1H3,(H,21,25). The first-order chi connectivity index (χ1) is 12.5. The van der Waals surface area contributed by atoms with Crippen LogP contribution < -0.4 is 5.32 Å². The highest BCUT2D eigenvalue weighted by Crippen LogP contribution is 2.27. The lowest BCUT2D eigenvalue weighted by Gasteiger charge is -2.17. The summed E-state index contributed by atoms with van der Waals surface area (Å²) in [6.07, 6.45) is 0.670. The van der Waals surface area contributed by atoms with Gasteiger partial charge < -0.3 is 20.4 Å². The van der Waals surface area contributed by atoms with E-state index in [1.807, 2.05) is 6.07 Å². The van der Waals surface area contributed by atoms with Gasteiger partial charge in [0.05, 0.1) is 12.5 Å². The largest absolute Gasteiger partial charge is 0.508 e. The topological polar surface area (TPSA) is 89.9 Å². The fraction of sp³-hybridized carbons (Fsp3) is 0.300. The molecule has 1 saturated heterocycles. The van der Waals surface area contributed by atoms with Crippen LogP contribution in [0.4, 0.5) is 0 Å². The van der Waals surface area contributed by atoms with Gasteiger partial charge in [0.2, 0.25) is 5.91 Å². The Morgan fingerprint density at radius 1 is 1.19 bits per heavy atom. The summed E-state index contributed by atoms with van der Waals surface area (Å²) in [7, 11) is 1.61. The molecule has 1 aliphatic rings. The minimum Gasteiger partial charge on any atom is -0.508 e. The van der Waals surface area contributed by atoms with E-state index in [1.54, 1.807) is 42.3 Å². The van der Waals surface area contributed by atoms with Crippen LogP contribution in [0.2, 0.25) is 0 Å². The lowest BCUT2D eigenvalue weighted by molar-refractivity contribution is -0.124. The van der Waals surface area contributed by atoms with Crippen LogP contribution in [0.25, 0.3) is 11.1 Å². The summed E-state index contributed by atoms with van der Waals surface area (Å²) in [6.45, 7) is 0.735. The molecule has 0 radical (unpaired) electrons. The number of benzene rings is 2. The third-order valence-corrected chi connectivity index (χ3v) is 4.79. The maximum absolute atomic E-state index is 12.8. The Kier molecular flexibility index (Phi) is 5.23. The predicted octanol–water partition coefficient (Wildman–Crippen LogP) is 1.76. The van der Waals surface area contributed by atoms with E-state index in [1.165, 1.54) is 6.07 Å². The van der Waals surface area contributed by atoms with Gasteiger partial charge >= 0.3 is 0 Å². The molecule has 1 unspecified atom stereocenters. The van der Waals surface area contributed by atoms with Crippen LogP contribution in [0.1, 0.15) is 22.3 Å². The Balaban J connectivity index is 1.81. The SMILES string of the molecule is CNC(=O)C1CCN(C(=O)c2cccc(-c3ccc(O)c(CO)c3)c2)C1. The van der Waals surface area contributed by atoms with Gasteiger partial charge in [-0.25, -0.2) is 0 Å². The number of phenols is 1. The summed E-state index contributed by atoms with van der Waals surface area (Å²) < 4.78 is 0. The third kappa shape index (κ3) is 3.55. The molecule has 3 N–H and O–H groups in total. The van der Waals surface area contributed by atoms with E-state index in [-0.39, 0.29) is 30.1 Å². The number of hydrogen-bond acceptors (Lipinski definition) is 4. The summed E-state index contributed by atoms with van der Waals surface area (Å²) in [4.78, 5) is 26.2. The highest BCUT2D eigenvalue weighted by molar-refractivity contribution is 5.96. The van der Waals surface area contributed by atoms with Crippen molar-refractivity contribution in [2.24, 2.45) is 5.92 Å². The number of nitrogens with one attached hydrogen (secondary N) is 1. The lowest BCUT2D eigenvalue weighted by Crippen LogP contribution is -2.33. The number of aliphatic hydroxyl groups excluding tert-OH is 1. The van der Waals surface area contributed by atoms with Crippen LogP contribution in [-0.4, -0.2) is 47.1 Å². The van der Waals surface area contributed by atoms with Gasteiger partial charge in [0.25, 0.3) is 5.91 Å². The normalized spacial score (nSPS) is 16.5. The fourth-order valence-electron chi connectivity index (χ4n) is 3.27. The molecule has 3 rings (SSSR count). The number of nitrogens with zero attached hydrogens (tertiary/aromatic N) is 1. The Hall–Kier alpha value is -2.86. The number of hydrogen-bond donors (Lipinski definition) is 3. The highest BCUT2D eigenvalue weighted by Gasteiger charge is 2.30. The van der Waals surface area contributed by atoms with Gasteiger partial charge in [-0.3, -0.25) is 9.59 Å². The summed E-state index contributed by atoms with van der Waals surface area (Å²) in [5, 5.41) is 21.7. The molecule has 0 aromatic heterocycles. The molecule has 6 heteroatoms. The quantitative estimate of drug-likeness (QED) is 0.780. The minimum absolute atomic E-state index is 0.0327. The van der Waals surface area contributed by atoms with Crippen LogP contribution in [0, 0.1) is 5.92 Å². The molecule has 1 atom stereocenters. The zero-order valence-electron chi connectivity index (χ0n) is 14.6. The molecule has 2 aromatic rings. The number of carbonyl (C=O) groups is 2. The zero-order chi connectivity index (χ0) is 18.7. The van der Waals surface area contributed by atoms with Gasteiger partial charge in [0.1, 0.15) is 5.75 Å². The van der Waals surface area contributed by atoms with E-state index in [0.29, 0.717) is 30.6 Å². The van der Waals surface area contributed by atoms with Crippen molar-refractivity contribution in [3.05, 3.63) is 53.6 Å². The average molecular weight is 354 g/mol. The van der Waals surface area contributed by atoms with Gasteiger partial charge in [-0.15, -0.1) is 0 Å². The monoisotopic (exact) mass is 354 g/mol. The molecule has 6 nitrogen and oxygen atoms in total. The Morgan fingerprint density at radius 2 is 1.96 bits per heavy atom. The maximum Gasteiger partial charge on any atom is 0.253 e. The molecule has 0 saturated carbocycles. The van der Waals surface area contributed by atoms with Crippen molar-refractivity contribution >= 4 is 11.8 Å². The van der Waals surface area contributed by atoms with E-state index >= 15 is 0 Å². The molecule has 0 aliphatic carbocycles. The first-order valence-electron chi connectivity index (χ1n) is 8.57. The Morgan fingerprint density at radius 3 is 2.69 bits per heavy atom. The van der Waals surface area contributed by atoms with Gasteiger partial charge in [-0.1, -0.05) is 18.2 Å². The molecule has 1 fully saturated rings. The molecule has 0 bridgehead atoms. The summed E-state index contributed by atoms with van der Waals surface area (Å²) in [5.41, 5.74) is 2.63. The molecule has 136 valence electrons. The van der Waals surface area contributed by atoms with Crippen molar-refractivity contribution in [3.8, 4) is 16.9 Å². The highest BCUT2D eigenvalue weighted by atomic mass is 16.3. The average Bonchev–Trinajstić information content (AvgIpc) is 3.17. The second kappa shape index (κ2) is 7.58. The third-order valence-electron chi connectivity index (χ3n) is 4.79. The molecular formula is C20H22N2O4. The van der Waals surface area contributed by atoms with E-state index in [2.05, 4.69) is 5.32 Å². The summed E-state index contributed by atoms with van der Waals surface area (Å²) in [5.74, 6) is -0.244. The van der Waals surface area contributed by atoms with Gasteiger partial charge in [-0.05, 0) is 41.8 Å². The van der Waals surface area contributed by atoms with Gasteiger partial charge in [0, 0.05) is 31.3 Å². The van der Waals surface area contributed by atoms with Crippen molar-refractivity contribution < 1.29 is 19.8 Å². The lowest BCUT2D eigenvalue weighted by atomic mass is 10.0. The molecular weight excluding hydrogens is 332 g/mol. The zero-order valence-corrected chi connectivity index (χ0v) is 14.6. The second-order valence-corrected chi connectivity index (χ2v) is 6.43. The van der Waals surface area contributed by atoms with Crippen LogP contribution >= 0.6 is 0 Å². The van der Waals surface area contributed by atoms with Crippen LogP contribution in [-0.2, 0) is 11.4 Å². The Labute approximate surface area is 152 Å². The van der Waals surface area contributed by atoms with E-state index in [9.17, 15) is 19.8 Å². The first-order valence-corrected chi connectivity index (χ1v) is 8.57. The van der Waals surface area contributed by atoms with Crippen LogP contribution in [0.3, 0.4) is 0 Å². The number of carbonyl (C=O) groups excluding carboxylic acids is 2. The number of rotatable bonds is 4. The Bertz CT molecular complexity index is 834. The molecule has 2 aromatic carbocycles. The first kappa shape index (κ1) is 17.9. The van der Waals surface area contributed by atoms with Crippen molar-refractivity contribution in [1.29, 1.82) is 0 Å². The van der Waals surface area contributed by atoms with Crippen molar-refractivity contribution in [2.45, 2.75) is 13.0 Å². The van der Waals surface area contributed by atoms with Gasteiger partial charge in [0.15, 0.2) is 0 Å². The van der Waals surface area contributed by atoms with E-state index in [4.69, 9.17) is 0 Å². The number of aromatic hydroxyl groups is 1. The number of amides is 2. The van der Waals surface area contributed by atoms with Gasteiger partial charge in [-0.2, -0.15) is 0 Å². The maximum atomic E-state index is 12.8. The minimum atomic E-state index is -0.257. The molecule has 26 heavy (non-hydrogen) atoms. The van der Waals surface area contributed by atoms with Crippen LogP contribution in [0.15, 0.2) is 42.5 Å². The fourth-order valence-corrected chi connectivity index (χ4v) is 3.27. The molecule has 1 heterocycles. The second-order valence-electron chi connectivity index (χ2n) is 6.43. The molecule has 2 amide bonds. The smallest absolute Gasteiger partial charge is 0.253 e. The number of aliphatic hydroxyl groups is 1. The predicted molar refractivity (Wildman–Crippen MR) is 97.5 cm³/mol. The molecule has 1 aliphatic heterocycles. The van der Waals surface area contributed by atoms with Crippen molar-refractivity contribution in [3.63, 3.8) is 0 Å². The van der Waals surface area contributed by atoms with E-state index < -0.39 is 0 Å². The van der Waals surface area contributed by atoms with E-state index in [0.717, 1.165) is 11.1 Å². The summed E-state index contributed by atoms with van der Waals surface area (Å²) in [6, 6.07) is 12.2. The van der Waals surface area contributed by atoms with Crippen molar-refractivity contribution in [1.82, 2.24) is 10.2 Å². The number of likely N-dealkylation sites (tertiary alicyclic amines) is 1. The summed E-state index contributed by atoms with van der Waals surface area (Å²) >= 11 is 0. The van der Waals surface area contributed by atoms with Crippen LogP contribution in [0.5, 0.6) is 5.75 Å². The van der Waals surface area contributed by atoms with Crippen molar-refractivity contribution in [2.75, 3.05) is 20.1 Å².